The Morgan fingerprint density at radius 2 is 2.11 bits per heavy atom. The maximum atomic E-state index is 11.6. The largest absolute Gasteiger partial charge is 0.477 e. The molecule has 0 aromatic carbocycles. The molecule has 2 rings (SSSR count). The lowest BCUT2D eigenvalue weighted by Gasteiger charge is -2.11. The fourth-order valence-corrected chi connectivity index (χ4v) is 2.53. The number of carbonyl (C=O) groups is 3. The van der Waals surface area contributed by atoms with Crippen LogP contribution in [0, 0.1) is 6.92 Å². The first-order valence-corrected chi connectivity index (χ1v) is 5.95. The molecule has 94 valence electrons. The summed E-state index contributed by atoms with van der Waals surface area (Å²) in [6.45, 7) is 3.17. The van der Waals surface area contributed by atoms with Gasteiger partial charge in [-0.2, -0.15) is 0 Å². The topological polar surface area (TPSA) is 87.6 Å². The number of nitrogens with zero attached hydrogens (tertiary/aromatic N) is 2. The van der Waals surface area contributed by atoms with Gasteiger partial charge in [-0.3, -0.25) is 14.5 Å². The molecule has 1 aromatic rings. The summed E-state index contributed by atoms with van der Waals surface area (Å²) in [5, 5.41) is 9.34. The number of aromatic nitrogens is 1. The molecule has 0 atom stereocenters. The Morgan fingerprint density at radius 3 is 2.56 bits per heavy atom. The number of aryl methyl sites for hydroxylation is 1. The number of carboxylic acids is 1. The number of aromatic carboxylic acids is 1. The highest BCUT2D eigenvalue weighted by Crippen LogP contribution is 2.22. The highest BCUT2D eigenvalue weighted by Gasteiger charge is 2.29. The van der Waals surface area contributed by atoms with Crippen LogP contribution in [0.15, 0.2) is 11.6 Å². The molecule has 6 nitrogen and oxygen atoms in total. The zero-order chi connectivity index (χ0) is 13.4. The second-order valence-electron chi connectivity index (χ2n) is 3.88. The van der Waals surface area contributed by atoms with Crippen molar-refractivity contribution in [1.82, 2.24) is 9.88 Å². The van der Waals surface area contributed by atoms with E-state index in [2.05, 4.69) is 4.98 Å². The van der Waals surface area contributed by atoms with E-state index in [1.807, 2.05) is 0 Å². The van der Waals surface area contributed by atoms with Crippen LogP contribution in [-0.2, 0) is 16.1 Å². The number of rotatable bonds is 3. The average molecular weight is 266 g/mol. The number of thiazole rings is 1. The third-order valence-corrected chi connectivity index (χ3v) is 3.65. The van der Waals surface area contributed by atoms with Gasteiger partial charge in [0.2, 0.25) is 0 Å². The minimum absolute atomic E-state index is 0.0181. The molecular formula is C11H10N2O4S. The highest BCUT2D eigenvalue weighted by atomic mass is 32.1. The first-order valence-electron chi connectivity index (χ1n) is 5.14. The minimum atomic E-state index is -1.05. The molecule has 0 aliphatic carbocycles. The van der Waals surface area contributed by atoms with Crippen molar-refractivity contribution in [2.24, 2.45) is 0 Å². The molecule has 18 heavy (non-hydrogen) atoms. The number of imide groups is 1. The van der Waals surface area contributed by atoms with E-state index in [0.717, 1.165) is 16.2 Å². The van der Waals surface area contributed by atoms with Crippen LogP contribution in [0.5, 0.6) is 0 Å². The first-order chi connectivity index (χ1) is 8.40. The number of carbonyl (C=O) groups excluding carboxylic acids is 2. The summed E-state index contributed by atoms with van der Waals surface area (Å²) in [6, 6.07) is 0. The van der Waals surface area contributed by atoms with E-state index in [4.69, 9.17) is 5.11 Å². The van der Waals surface area contributed by atoms with Crippen molar-refractivity contribution >= 4 is 29.1 Å². The fourth-order valence-electron chi connectivity index (χ4n) is 1.64. The summed E-state index contributed by atoms with van der Waals surface area (Å²) >= 11 is 0.980. The van der Waals surface area contributed by atoms with Crippen molar-refractivity contribution in [2.45, 2.75) is 20.4 Å². The van der Waals surface area contributed by atoms with Crippen LogP contribution >= 0.6 is 11.3 Å². The number of hydrogen-bond acceptors (Lipinski definition) is 5. The molecule has 0 saturated heterocycles. The lowest BCUT2D eigenvalue weighted by atomic mass is 10.3. The smallest absolute Gasteiger partial charge is 0.347 e. The van der Waals surface area contributed by atoms with E-state index in [0.29, 0.717) is 16.3 Å². The Labute approximate surface area is 107 Å². The highest BCUT2D eigenvalue weighted by molar-refractivity contribution is 7.13. The molecule has 1 N–H and O–H groups in total. The Hall–Kier alpha value is -2.02. The van der Waals surface area contributed by atoms with Crippen LogP contribution in [-0.4, -0.2) is 32.8 Å². The molecule has 0 unspecified atom stereocenters. The van der Waals surface area contributed by atoms with Crippen LogP contribution in [0.4, 0.5) is 0 Å². The summed E-state index contributed by atoms with van der Waals surface area (Å²) < 4.78 is 0. The van der Waals surface area contributed by atoms with E-state index in [9.17, 15) is 14.4 Å². The van der Waals surface area contributed by atoms with Gasteiger partial charge in [0.25, 0.3) is 11.8 Å². The summed E-state index contributed by atoms with van der Waals surface area (Å²) in [7, 11) is 0. The van der Waals surface area contributed by atoms with Crippen molar-refractivity contribution in [3.05, 3.63) is 27.2 Å². The molecule has 1 aliphatic heterocycles. The summed E-state index contributed by atoms with van der Waals surface area (Å²) in [5.41, 5.74) is 0.776. The SMILES string of the molecule is CC1=CC(=O)N(Cc2nc(C)c(C(=O)O)s2)C1=O. The molecule has 0 fully saturated rings. The monoisotopic (exact) mass is 266 g/mol. The van der Waals surface area contributed by atoms with Gasteiger partial charge in [-0.25, -0.2) is 9.78 Å². The lowest BCUT2D eigenvalue weighted by molar-refractivity contribution is -0.137. The van der Waals surface area contributed by atoms with Crippen LogP contribution in [0.1, 0.15) is 27.3 Å². The van der Waals surface area contributed by atoms with Crippen LogP contribution in [0.3, 0.4) is 0 Å². The van der Waals surface area contributed by atoms with Crippen LogP contribution < -0.4 is 0 Å². The predicted octanol–water partition coefficient (Wildman–Crippen LogP) is 0.965. The summed E-state index contributed by atoms with van der Waals surface area (Å²) in [5.74, 6) is -1.79. The van der Waals surface area contributed by atoms with E-state index in [1.54, 1.807) is 13.8 Å². The van der Waals surface area contributed by atoms with E-state index in [-0.39, 0.29) is 23.2 Å². The van der Waals surface area contributed by atoms with Crippen molar-refractivity contribution in [3.8, 4) is 0 Å². The third kappa shape index (κ3) is 2.04. The second kappa shape index (κ2) is 4.34. The standard InChI is InChI=1S/C11H10N2O4S/c1-5-3-8(14)13(10(5)15)4-7-12-6(2)9(18-7)11(16)17/h3H,4H2,1-2H3,(H,16,17). The van der Waals surface area contributed by atoms with Crippen molar-refractivity contribution < 1.29 is 19.5 Å². The van der Waals surface area contributed by atoms with Gasteiger partial charge in [-0.1, -0.05) is 0 Å². The second-order valence-corrected chi connectivity index (χ2v) is 4.97. The molecule has 0 radical (unpaired) electrons. The lowest BCUT2D eigenvalue weighted by Crippen LogP contribution is -2.30. The van der Waals surface area contributed by atoms with E-state index >= 15 is 0 Å². The molecule has 0 saturated carbocycles. The summed E-state index contributed by atoms with van der Waals surface area (Å²) in [6.07, 6.45) is 1.26. The van der Waals surface area contributed by atoms with Crippen LogP contribution in [0.2, 0.25) is 0 Å². The van der Waals surface area contributed by atoms with Gasteiger partial charge in [-0.15, -0.1) is 11.3 Å². The third-order valence-electron chi connectivity index (χ3n) is 2.52. The molecule has 7 heteroatoms. The maximum absolute atomic E-state index is 11.6. The van der Waals surface area contributed by atoms with Gasteiger partial charge in [0.15, 0.2) is 0 Å². The van der Waals surface area contributed by atoms with Crippen molar-refractivity contribution in [3.63, 3.8) is 0 Å². The van der Waals surface area contributed by atoms with Gasteiger partial charge in [0, 0.05) is 11.6 Å². The molecule has 0 spiro atoms. The fraction of sp³-hybridized carbons (Fsp3) is 0.273. The van der Waals surface area contributed by atoms with Crippen LogP contribution in [0.25, 0.3) is 0 Å². The van der Waals surface area contributed by atoms with Crippen molar-refractivity contribution in [1.29, 1.82) is 0 Å². The normalized spacial score (nSPS) is 15.2. The molecular weight excluding hydrogens is 256 g/mol. The van der Waals surface area contributed by atoms with Gasteiger partial charge >= 0.3 is 5.97 Å². The van der Waals surface area contributed by atoms with E-state index in [1.165, 1.54) is 6.08 Å². The quantitative estimate of drug-likeness (QED) is 0.823. The van der Waals surface area contributed by atoms with Gasteiger partial charge in [-0.05, 0) is 13.8 Å². The molecule has 0 bridgehead atoms. The molecule has 1 aromatic heterocycles. The van der Waals surface area contributed by atoms with Gasteiger partial charge in [0.1, 0.15) is 9.88 Å². The number of amides is 2. The number of carboxylic acid groups (broad SMARTS) is 1. The molecule has 2 amide bonds. The zero-order valence-corrected chi connectivity index (χ0v) is 10.6. The maximum Gasteiger partial charge on any atom is 0.347 e. The predicted molar refractivity (Wildman–Crippen MR) is 63.1 cm³/mol. The zero-order valence-electron chi connectivity index (χ0n) is 9.76. The first kappa shape index (κ1) is 12.4. The van der Waals surface area contributed by atoms with Crippen molar-refractivity contribution in [2.75, 3.05) is 0 Å². The Balaban J connectivity index is 2.21. The molecule has 1 aliphatic rings. The summed E-state index contributed by atoms with van der Waals surface area (Å²) in [4.78, 5) is 39.3. The Morgan fingerprint density at radius 1 is 1.44 bits per heavy atom. The Kier molecular flexibility index (Phi) is 3.00. The van der Waals surface area contributed by atoms with E-state index < -0.39 is 5.97 Å². The average Bonchev–Trinajstić information content (AvgIpc) is 2.75. The van der Waals surface area contributed by atoms with Gasteiger partial charge in [0.05, 0.1) is 12.2 Å². The van der Waals surface area contributed by atoms with Gasteiger partial charge < -0.3 is 5.11 Å². The molecule has 2 heterocycles. The Bertz CT molecular complexity index is 588. The minimum Gasteiger partial charge on any atom is -0.477 e. The number of hydrogen-bond donors (Lipinski definition) is 1.